The van der Waals surface area contributed by atoms with E-state index in [4.69, 9.17) is 14.2 Å². The van der Waals surface area contributed by atoms with Gasteiger partial charge in [-0.25, -0.2) is 0 Å². The largest absolute Gasteiger partial charge is 0.462 e. The van der Waals surface area contributed by atoms with Crippen molar-refractivity contribution in [2.24, 2.45) is 0 Å². The molecule has 0 amide bonds. The van der Waals surface area contributed by atoms with Crippen molar-refractivity contribution in [3.63, 3.8) is 0 Å². The second-order valence-corrected chi connectivity index (χ2v) is 21.6. The van der Waals surface area contributed by atoms with Crippen LogP contribution >= 0.6 is 0 Å². The maximum Gasteiger partial charge on any atom is 0.306 e. The molecule has 6 nitrogen and oxygen atoms in total. The van der Waals surface area contributed by atoms with Gasteiger partial charge in [-0.15, -0.1) is 0 Å². The van der Waals surface area contributed by atoms with Gasteiger partial charge in [-0.1, -0.05) is 294 Å². The Balaban J connectivity index is 4.26. The molecule has 83 heavy (non-hydrogen) atoms. The molecule has 466 valence electrons. The summed E-state index contributed by atoms with van der Waals surface area (Å²) in [6.45, 7) is 6.23. The highest BCUT2D eigenvalue weighted by Crippen LogP contribution is 2.16. The second kappa shape index (κ2) is 69.3. The minimum atomic E-state index is -0.821. The molecule has 0 radical (unpaired) electrons. The van der Waals surface area contributed by atoms with Gasteiger partial charge in [-0.2, -0.15) is 0 Å². The molecular formula is C77H122O6. The topological polar surface area (TPSA) is 78.9 Å². The molecule has 0 spiro atoms. The fourth-order valence-electron chi connectivity index (χ4n) is 8.80. The Morgan fingerprint density at radius 1 is 0.241 bits per heavy atom. The van der Waals surface area contributed by atoms with Gasteiger partial charge in [0.15, 0.2) is 6.10 Å². The summed E-state index contributed by atoms with van der Waals surface area (Å²) in [5.41, 5.74) is 0. The lowest BCUT2D eigenvalue weighted by atomic mass is 10.0. The summed E-state index contributed by atoms with van der Waals surface area (Å²) >= 11 is 0. The molecule has 0 aromatic carbocycles. The van der Waals surface area contributed by atoms with Gasteiger partial charge in [-0.05, 0) is 135 Å². The number of rotatable bonds is 59. The molecule has 0 N–H and O–H groups in total. The molecule has 0 aromatic rings. The molecule has 0 fully saturated rings. The third kappa shape index (κ3) is 67.4. The van der Waals surface area contributed by atoms with Crippen LogP contribution in [0.2, 0.25) is 0 Å². The highest BCUT2D eigenvalue weighted by atomic mass is 16.6. The van der Waals surface area contributed by atoms with E-state index in [0.29, 0.717) is 19.3 Å². The Morgan fingerprint density at radius 3 is 0.747 bits per heavy atom. The van der Waals surface area contributed by atoms with Crippen LogP contribution in [-0.2, 0) is 28.6 Å². The SMILES string of the molecule is CC/C=C\C/C=C\C/C=C\C/C=C\C/C=C\C/C=C\C/C=C\CCCCCCCCCCCCCCCC(=O)OCC(COC(=O)CC/C=C\C/C=C\C/C=C\C/C=C\CC)OC(=O)CCCCCCCCC/C=C\C/C=C\C/C=C\CC. The van der Waals surface area contributed by atoms with E-state index >= 15 is 0 Å². The van der Waals surface area contributed by atoms with E-state index in [1.54, 1.807) is 0 Å². The number of hydrogen-bond acceptors (Lipinski definition) is 6. The molecule has 0 rings (SSSR count). The van der Waals surface area contributed by atoms with E-state index in [9.17, 15) is 14.4 Å². The molecular weight excluding hydrogens is 1020 g/mol. The minimum absolute atomic E-state index is 0.110. The minimum Gasteiger partial charge on any atom is -0.462 e. The van der Waals surface area contributed by atoms with Crippen LogP contribution in [-0.4, -0.2) is 37.2 Å². The highest BCUT2D eigenvalue weighted by Gasteiger charge is 2.19. The zero-order chi connectivity index (χ0) is 59.9. The second-order valence-electron chi connectivity index (χ2n) is 21.6. The van der Waals surface area contributed by atoms with Crippen molar-refractivity contribution >= 4 is 17.9 Å². The molecule has 0 aliphatic carbocycles. The summed E-state index contributed by atoms with van der Waals surface area (Å²) in [6, 6.07) is 0. The van der Waals surface area contributed by atoms with Gasteiger partial charge in [0.05, 0.1) is 0 Å². The standard InChI is InChI=1S/C77H122O6/c1-4-7-10-13-16-19-22-25-27-29-30-31-32-33-34-35-36-37-38-39-40-41-42-43-44-45-46-48-49-52-55-58-61-64-67-70-76(79)82-73-74(72-81-75(78)69-66-63-60-57-54-51-24-21-18-15-12-9-6-3)83-77(80)71-68-65-62-59-56-53-50-47-28-26-23-20-17-14-11-8-5-2/h7-12,16-21,25-28,30-31,33-34,36-37,39-40,51,54,60,63,74H,4-6,13-15,22-24,29,32,35,38,41-50,52-53,55-59,61-62,64-73H2,1-3H3/b10-7-,11-8-,12-9-,19-16-,20-17-,21-18-,27-25-,28-26-,31-30-,34-33-,37-36-,40-39-,54-51-,63-60-. The molecule has 0 saturated heterocycles. The van der Waals surface area contributed by atoms with Crippen molar-refractivity contribution in [3.05, 3.63) is 170 Å². The number of esters is 3. The normalized spacial score (nSPS) is 13.2. The summed E-state index contributed by atoms with van der Waals surface area (Å²) < 4.78 is 16.8. The van der Waals surface area contributed by atoms with Gasteiger partial charge in [0.25, 0.3) is 0 Å². The monoisotopic (exact) mass is 1140 g/mol. The summed E-state index contributed by atoms with van der Waals surface area (Å²) in [4.78, 5) is 38.3. The lowest BCUT2D eigenvalue weighted by Gasteiger charge is -2.18. The number of ether oxygens (including phenoxy) is 3. The predicted molar refractivity (Wildman–Crippen MR) is 361 cm³/mol. The van der Waals surface area contributed by atoms with E-state index in [0.717, 1.165) is 141 Å². The predicted octanol–water partition coefficient (Wildman–Crippen LogP) is 23.4. The van der Waals surface area contributed by atoms with Crippen LogP contribution < -0.4 is 0 Å². The quantitative estimate of drug-likeness (QED) is 0.0261. The molecule has 0 aliphatic rings. The van der Waals surface area contributed by atoms with Gasteiger partial charge in [0.2, 0.25) is 0 Å². The molecule has 1 unspecified atom stereocenters. The van der Waals surface area contributed by atoms with Crippen LogP contribution in [0.15, 0.2) is 170 Å². The third-order valence-corrected chi connectivity index (χ3v) is 13.7. The van der Waals surface area contributed by atoms with Crippen LogP contribution in [0, 0.1) is 0 Å². The molecule has 0 aromatic heterocycles. The first-order valence-electron chi connectivity index (χ1n) is 33.6. The van der Waals surface area contributed by atoms with Crippen molar-refractivity contribution in [2.45, 2.75) is 284 Å². The van der Waals surface area contributed by atoms with Gasteiger partial charge < -0.3 is 14.2 Å². The summed E-state index contributed by atoms with van der Waals surface area (Å²) in [5.74, 6) is -1.01. The Labute approximate surface area is 511 Å². The molecule has 6 heteroatoms. The summed E-state index contributed by atoms with van der Waals surface area (Å²) in [7, 11) is 0. The van der Waals surface area contributed by atoms with E-state index < -0.39 is 6.10 Å². The highest BCUT2D eigenvalue weighted by molar-refractivity contribution is 5.71. The van der Waals surface area contributed by atoms with Crippen LogP contribution in [0.4, 0.5) is 0 Å². The molecule has 0 bridgehead atoms. The van der Waals surface area contributed by atoms with E-state index in [1.165, 1.54) is 89.9 Å². The number of hydrogen-bond donors (Lipinski definition) is 0. The zero-order valence-electron chi connectivity index (χ0n) is 53.4. The van der Waals surface area contributed by atoms with E-state index in [2.05, 4.69) is 185 Å². The van der Waals surface area contributed by atoms with Crippen LogP contribution in [0.5, 0.6) is 0 Å². The fourth-order valence-corrected chi connectivity index (χ4v) is 8.80. The van der Waals surface area contributed by atoms with E-state index in [-0.39, 0.29) is 37.5 Å². The van der Waals surface area contributed by atoms with E-state index in [1.807, 2.05) is 6.08 Å². The van der Waals surface area contributed by atoms with Gasteiger partial charge in [0.1, 0.15) is 13.2 Å². The maximum absolute atomic E-state index is 12.9. The lowest BCUT2D eigenvalue weighted by Crippen LogP contribution is -2.30. The number of allylic oxidation sites excluding steroid dienone is 28. The summed E-state index contributed by atoms with van der Waals surface area (Å²) in [6.07, 6.45) is 103. The lowest BCUT2D eigenvalue weighted by molar-refractivity contribution is -0.166. The van der Waals surface area contributed by atoms with Crippen LogP contribution in [0.25, 0.3) is 0 Å². The van der Waals surface area contributed by atoms with Crippen LogP contribution in [0.3, 0.4) is 0 Å². The zero-order valence-corrected chi connectivity index (χ0v) is 53.4. The van der Waals surface area contributed by atoms with Gasteiger partial charge in [-0.3, -0.25) is 14.4 Å². The van der Waals surface area contributed by atoms with Crippen molar-refractivity contribution in [3.8, 4) is 0 Å². The smallest absolute Gasteiger partial charge is 0.306 e. The molecule has 0 heterocycles. The third-order valence-electron chi connectivity index (χ3n) is 13.7. The van der Waals surface area contributed by atoms with Crippen molar-refractivity contribution < 1.29 is 28.6 Å². The number of unbranched alkanes of at least 4 members (excludes halogenated alkanes) is 20. The summed E-state index contributed by atoms with van der Waals surface area (Å²) in [5, 5.41) is 0. The number of carbonyl (C=O) groups excluding carboxylic acids is 3. The Bertz CT molecular complexity index is 1890. The van der Waals surface area contributed by atoms with Crippen molar-refractivity contribution in [1.29, 1.82) is 0 Å². The number of carbonyl (C=O) groups is 3. The Hall–Kier alpha value is -5.23. The maximum atomic E-state index is 12.9. The first-order chi connectivity index (χ1) is 41.0. The molecule has 0 aliphatic heterocycles. The first-order valence-corrected chi connectivity index (χ1v) is 33.6. The van der Waals surface area contributed by atoms with Crippen molar-refractivity contribution in [2.75, 3.05) is 13.2 Å². The van der Waals surface area contributed by atoms with Crippen LogP contribution in [0.1, 0.15) is 278 Å². The Morgan fingerprint density at radius 2 is 0.458 bits per heavy atom. The van der Waals surface area contributed by atoms with Crippen molar-refractivity contribution in [1.82, 2.24) is 0 Å². The average molecular weight is 1140 g/mol. The van der Waals surface area contributed by atoms with Gasteiger partial charge >= 0.3 is 17.9 Å². The average Bonchev–Trinajstić information content (AvgIpc) is 3.49. The fraction of sp³-hybridized carbons (Fsp3) is 0.597. The Kier molecular flexibility index (Phi) is 64.9. The van der Waals surface area contributed by atoms with Gasteiger partial charge in [0, 0.05) is 19.3 Å². The molecule has 0 saturated carbocycles. The molecule has 1 atom stereocenters. The first kappa shape index (κ1) is 77.8.